The molecule has 0 unspecified atom stereocenters. The number of carbonyl (C=O) groups excluding carboxylic acids is 1. The van der Waals surface area contributed by atoms with E-state index in [2.05, 4.69) is 10.5 Å². The minimum absolute atomic E-state index is 0.0546. The van der Waals surface area contributed by atoms with Crippen LogP contribution in [-0.2, 0) is 4.79 Å². The first-order valence-electron chi connectivity index (χ1n) is 8.67. The second-order valence-electron chi connectivity index (χ2n) is 6.20. The van der Waals surface area contributed by atoms with Crippen molar-refractivity contribution in [1.82, 2.24) is 5.43 Å². The van der Waals surface area contributed by atoms with Gasteiger partial charge in [-0.3, -0.25) is 4.79 Å². The predicted octanol–water partition coefficient (Wildman–Crippen LogP) is 2.84. The van der Waals surface area contributed by atoms with Gasteiger partial charge in [0.05, 0.1) is 13.3 Å². The number of fused-ring (bicyclic) bond motifs is 2. The largest absolute Gasteiger partial charge is 0.504 e. The second-order valence-corrected chi connectivity index (χ2v) is 6.20. The molecule has 3 aromatic rings. The zero-order valence-electron chi connectivity index (χ0n) is 15.1. The first kappa shape index (κ1) is 17.7. The molecule has 7 nitrogen and oxygen atoms in total. The number of nitrogens with zero attached hydrogens (tertiary/aromatic N) is 1. The number of hydrazone groups is 1. The highest BCUT2D eigenvalue weighted by atomic mass is 16.6. The van der Waals surface area contributed by atoms with Crippen molar-refractivity contribution in [3.63, 3.8) is 0 Å². The molecule has 28 heavy (non-hydrogen) atoms. The van der Waals surface area contributed by atoms with Crippen LogP contribution in [0.5, 0.6) is 23.0 Å². The number of aromatic hydroxyl groups is 1. The van der Waals surface area contributed by atoms with Gasteiger partial charge in [-0.2, -0.15) is 5.10 Å². The number of hydrogen-bond donors (Lipinski definition) is 2. The van der Waals surface area contributed by atoms with Crippen molar-refractivity contribution < 1.29 is 24.1 Å². The van der Waals surface area contributed by atoms with Gasteiger partial charge in [-0.05, 0) is 35.0 Å². The molecule has 0 bridgehead atoms. The lowest BCUT2D eigenvalue weighted by atomic mass is 10.1. The fourth-order valence-corrected chi connectivity index (χ4v) is 2.93. The van der Waals surface area contributed by atoms with Gasteiger partial charge in [-0.1, -0.05) is 30.3 Å². The Balaban J connectivity index is 1.44. The number of methoxy groups -OCH3 is 1. The number of para-hydroxylation sites is 1. The van der Waals surface area contributed by atoms with Gasteiger partial charge in [0.1, 0.15) is 6.61 Å². The Kier molecular flexibility index (Phi) is 4.72. The molecule has 0 fully saturated rings. The molecule has 2 N–H and O–H groups in total. The van der Waals surface area contributed by atoms with Gasteiger partial charge in [0.25, 0.3) is 5.91 Å². The Morgan fingerprint density at radius 1 is 1.18 bits per heavy atom. The molecule has 1 atom stereocenters. The third-order valence-corrected chi connectivity index (χ3v) is 4.39. The minimum Gasteiger partial charge on any atom is -0.504 e. The summed E-state index contributed by atoms with van der Waals surface area (Å²) < 4.78 is 16.5. The number of nitrogens with one attached hydrogen (secondary N) is 1. The normalized spacial score (nSPS) is 15.5. The van der Waals surface area contributed by atoms with E-state index in [1.807, 2.05) is 36.4 Å². The molecule has 7 heteroatoms. The van der Waals surface area contributed by atoms with Crippen LogP contribution in [0.25, 0.3) is 10.8 Å². The van der Waals surface area contributed by atoms with Crippen LogP contribution in [0, 0.1) is 0 Å². The molecule has 0 aliphatic carbocycles. The second kappa shape index (κ2) is 7.48. The quantitative estimate of drug-likeness (QED) is 0.538. The molecule has 142 valence electrons. The van der Waals surface area contributed by atoms with E-state index in [1.54, 1.807) is 18.2 Å². The van der Waals surface area contributed by atoms with Crippen LogP contribution in [-0.4, -0.2) is 37.0 Å². The summed E-state index contributed by atoms with van der Waals surface area (Å²) in [7, 11) is 1.46. The van der Waals surface area contributed by atoms with E-state index >= 15 is 0 Å². The smallest absolute Gasteiger partial charge is 0.284 e. The SMILES string of the molecule is COc1cccc(/C=N/NC(=O)[C@H]2COc3cc4ccccc4cc3O2)c1O. The zero-order chi connectivity index (χ0) is 19.5. The van der Waals surface area contributed by atoms with Gasteiger partial charge in [0, 0.05) is 5.56 Å². The average Bonchev–Trinajstić information content (AvgIpc) is 2.73. The van der Waals surface area contributed by atoms with Crippen molar-refractivity contribution in [2.24, 2.45) is 5.10 Å². The molecule has 1 aliphatic rings. The maximum Gasteiger partial charge on any atom is 0.284 e. The molecule has 1 heterocycles. The fourth-order valence-electron chi connectivity index (χ4n) is 2.93. The molecular weight excluding hydrogens is 360 g/mol. The maximum absolute atomic E-state index is 12.4. The number of phenols is 1. The number of carbonyl (C=O) groups is 1. The van der Waals surface area contributed by atoms with Gasteiger partial charge in [0.15, 0.2) is 23.0 Å². The number of ether oxygens (including phenoxy) is 3. The molecule has 0 radical (unpaired) electrons. The lowest BCUT2D eigenvalue weighted by molar-refractivity contribution is -0.130. The first-order chi connectivity index (χ1) is 13.7. The van der Waals surface area contributed by atoms with Crippen molar-refractivity contribution in [2.75, 3.05) is 13.7 Å². The maximum atomic E-state index is 12.4. The Bertz CT molecular complexity index is 1060. The molecule has 1 aliphatic heterocycles. The van der Waals surface area contributed by atoms with Crippen LogP contribution in [0.4, 0.5) is 0 Å². The van der Waals surface area contributed by atoms with Crippen LogP contribution >= 0.6 is 0 Å². The van der Waals surface area contributed by atoms with Crippen LogP contribution in [0.2, 0.25) is 0 Å². The summed E-state index contributed by atoms with van der Waals surface area (Å²) in [5.74, 6) is 0.939. The van der Waals surface area contributed by atoms with Crippen molar-refractivity contribution in [2.45, 2.75) is 6.10 Å². The van der Waals surface area contributed by atoms with E-state index < -0.39 is 12.0 Å². The Labute approximate surface area is 161 Å². The van der Waals surface area contributed by atoms with Crippen molar-refractivity contribution in [1.29, 1.82) is 0 Å². The third-order valence-electron chi connectivity index (χ3n) is 4.39. The van der Waals surface area contributed by atoms with Crippen molar-refractivity contribution in [3.8, 4) is 23.0 Å². The predicted molar refractivity (Wildman–Crippen MR) is 104 cm³/mol. The minimum atomic E-state index is -0.829. The fraction of sp³-hybridized carbons (Fsp3) is 0.143. The number of hydrogen-bond acceptors (Lipinski definition) is 6. The Morgan fingerprint density at radius 3 is 2.68 bits per heavy atom. The number of phenolic OH excluding ortho intramolecular Hbond substituents is 1. The topological polar surface area (TPSA) is 89.4 Å². The van der Waals surface area contributed by atoms with Gasteiger partial charge in [-0.15, -0.1) is 0 Å². The van der Waals surface area contributed by atoms with E-state index in [9.17, 15) is 9.90 Å². The molecule has 1 amide bonds. The molecular formula is C21H18N2O5. The van der Waals surface area contributed by atoms with E-state index in [4.69, 9.17) is 14.2 Å². The summed E-state index contributed by atoms with van der Waals surface area (Å²) >= 11 is 0. The Hall–Kier alpha value is -3.74. The van der Waals surface area contributed by atoms with Crippen LogP contribution in [0.3, 0.4) is 0 Å². The van der Waals surface area contributed by atoms with E-state index in [0.29, 0.717) is 22.8 Å². The van der Waals surface area contributed by atoms with E-state index in [0.717, 1.165) is 10.8 Å². The molecule has 0 saturated heterocycles. The zero-order valence-corrected chi connectivity index (χ0v) is 15.1. The summed E-state index contributed by atoms with van der Waals surface area (Å²) in [5, 5.41) is 15.9. The molecule has 4 rings (SSSR count). The summed E-state index contributed by atoms with van der Waals surface area (Å²) in [5.41, 5.74) is 2.82. The third kappa shape index (κ3) is 3.42. The summed E-state index contributed by atoms with van der Waals surface area (Å²) in [6.07, 6.45) is 0.505. The van der Waals surface area contributed by atoms with Crippen LogP contribution < -0.4 is 19.6 Å². The van der Waals surface area contributed by atoms with Crippen molar-refractivity contribution >= 4 is 22.9 Å². The van der Waals surface area contributed by atoms with E-state index in [1.165, 1.54) is 13.3 Å². The highest BCUT2D eigenvalue weighted by molar-refractivity contribution is 5.88. The molecule has 0 aromatic heterocycles. The monoisotopic (exact) mass is 378 g/mol. The average molecular weight is 378 g/mol. The summed E-state index contributed by atoms with van der Waals surface area (Å²) in [6.45, 7) is 0.0805. The summed E-state index contributed by atoms with van der Waals surface area (Å²) in [4.78, 5) is 12.4. The molecule has 0 saturated carbocycles. The van der Waals surface area contributed by atoms with Gasteiger partial charge >= 0.3 is 0 Å². The molecule has 0 spiro atoms. The van der Waals surface area contributed by atoms with E-state index in [-0.39, 0.29) is 12.4 Å². The number of benzene rings is 3. The lowest BCUT2D eigenvalue weighted by Gasteiger charge is -2.25. The van der Waals surface area contributed by atoms with Gasteiger partial charge < -0.3 is 19.3 Å². The van der Waals surface area contributed by atoms with Gasteiger partial charge in [-0.25, -0.2) is 5.43 Å². The molecule has 3 aromatic carbocycles. The Morgan fingerprint density at radius 2 is 1.93 bits per heavy atom. The standard InChI is InChI=1S/C21H18N2O5/c1-26-16-8-4-7-15(20(16)24)11-22-23-21(25)19-12-27-17-9-13-5-2-3-6-14(13)10-18(17)28-19/h2-11,19,24H,12H2,1H3,(H,23,25)/b22-11+/t19-/m1/s1. The number of rotatable bonds is 4. The highest BCUT2D eigenvalue weighted by Gasteiger charge is 2.27. The highest BCUT2D eigenvalue weighted by Crippen LogP contribution is 2.35. The van der Waals surface area contributed by atoms with Crippen LogP contribution in [0.1, 0.15) is 5.56 Å². The van der Waals surface area contributed by atoms with Crippen molar-refractivity contribution in [3.05, 3.63) is 60.2 Å². The van der Waals surface area contributed by atoms with Gasteiger partial charge in [0.2, 0.25) is 6.10 Å². The lowest BCUT2D eigenvalue weighted by Crippen LogP contribution is -2.42. The first-order valence-corrected chi connectivity index (χ1v) is 8.67. The number of amides is 1. The van der Waals surface area contributed by atoms with Crippen LogP contribution in [0.15, 0.2) is 59.7 Å². The summed E-state index contributed by atoms with van der Waals surface area (Å²) in [6, 6.07) is 16.6.